The van der Waals surface area contributed by atoms with E-state index in [0.717, 1.165) is 5.56 Å². The van der Waals surface area contributed by atoms with Crippen molar-refractivity contribution < 1.29 is 5.11 Å². The highest BCUT2D eigenvalue weighted by Crippen LogP contribution is 2.33. The second-order valence-electron chi connectivity index (χ2n) is 3.82. The van der Waals surface area contributed by atoms with E-state index in [2.05, 4.69) is 19.1 Å². The Bertz CT molecular complexity index is 506. The Labute approximate surface area is 100 Å². The van der Waals surface area contributed by atoms with E-state index in [4.69, 9.17) is 0 Å². The van der Waals surface area contributed by atoms with Crippen molar-refractivity contribution in [2.24, 2.45) is 0 Å². The highest BCUT2D eigenvalue weighted by atomic mass is 32.2. The predicted octanol–water partition coefficient (Wildman–Crippen LogP) is 4.16. The maximum Gasteiger partial charge on any atom is 0.115 e. The second-order valence-corrected chi connectivity index (χ2v) is 4.90. The smallest absolute Gasteiger partial charge is 0.115 e. The molecule has 0 aromatic heterocycles. The molecular weight excluding hydrogens is 216 g/mol. The van der Waals surface area contributed by atoms with Crippen LogP contribution in [0.5, 0.6) is 5.75 Å². The fourth-order valence-electron chi connectivity index (χ4n) is 1.54. The van der Waals surface area contributed by atoms with E-state index < -0.39 is 0 Å². The summed E-state index contributed by atoms with van der Waals surface area (Å²) >= 11 is 1.74. The van der Waals surface area contributed by atoms with Gasteiger partial charge in [0.2, 0.25) is 0 Å². The number of rotatable bonds is 2. The van der Waals surface area contributed by atoms with Crippen LogP contribution in [0, 0.1) is 13.8 Å². The van der Waals surface area contributed by atoms with Gasteiger partial charge in [-0.15, -0.1) is 0 Å². The number of aryl methyl sites for hydroxylation is 2. The quantitative estimate of drug-likeness (QED) is 0.836. The van der Waals surface area contributed by atoms with Gasteiger partial charge in [-0.25, -0.2) is 0 Å². The third-order valence-electron chi connectivity index (χ3n) is 2.47. The zero-order valence-corrected chi connectivity index (χ0v) is 10.2. The van der Waals surface area contributed by atoms with Crippen molar-refractivity contribution in [1.29, 1.82) is 0 Å². The molecule has 0 aliphatic heterocycles. The molecule has 0 aliphatic carbocycles. The van der Waals surface area contributed by atoms with E-state index >= 15 is 0 Å². The molecule has 0 unspecified atom stereocenters. The average Bonchev–Trinajstić information content (AvgIpc) is 2.25. The first-order valence-corrected chi connectivity index (χ1v) is 6.01. The third kappa shape index (κ3) is 2.39. The molecule has 2 aromatic carbocycles. The number of hydrogen-bond acceptors (Lipinski definition) is 2. The Kier molecular flexibility index (Phi) is 3.20. The molecule has 0 saturated carbocycles. The molecule has 0 spiro atoms. The van der Waals surface area contributed by atoms with Crippen LogP contribution in [0.4, 0.5) is 0 Å². The van der Waals surface area contributed by atoms with Crippen LogP contribution in [0.25, 0.3) is 0 Å². The van der Waals surface area contributed by atoms with Crippen LogP contribution >= 0.6 is 11.8 Å². The van der Waals surface area contributed by atoms with Crippen LogP contribution in [0.15, 0.2) is 52.3 Å². The zero-order chi connectivity index (χ0) is 11.5. The van der Waals surface area contributed by atoms with Crippen LogP contribution in [0.1, 0.15) is 11.1 Å². The van der Waals surface area contributed by atoms with Gasteiger partial charge in [0.1, 0.15) is 5.75 Å². The van der Waals surface area contributed by atoms with Gasteiger partial charge >= 0.3 is 0 Å². The van der Waals surface area contributed by atoms with Crippen molar-refractivity contribution in [2.75, 3.05) is 0 Å². The lowest BCUT2D eigenvalue weighted by Gasteiger charge is -2.08. The number of benzene rings is 2. The van der Waals surface area contributed by atoms with E-state index in [-0.39, 0.29) is 0 Å². The first-order valence-electron chi connectivity index (χ1n) is 5.20. The summed E-state index contributed by atoms with van der Waals surface area (Å²) < 4.78 is 0. The summed E-state index contributed by atoms with van der Waals surface area (Å²) in [5.41, 5.74) is 2.38. The maximum atomic E-state index is 9.35. The molecule has 0 saturated heterocycles. The molecule has 0 aliphatic rings. The molecule has 1 nitrogen and oxygen atoms in total. The normalized spacial score (nSPS) is 10.4. The summed E-state index contributed by atoms with van der Waals surface area (Å²) in [7, 11) is 0. The van der Waals surface area contributed by atoms with Crippen LogP contribution in [-0.4, -0.2) is 5.11 Å². The van der Waals surface area contributed by atoms with Crippen molar-refractivity contribution in [1.82, 2.24) is 0 Å². The van der Waals surface area contributed by atoms with Crippen LogP contribution in [0.3, 0.4) is 0 Å². The van der Waals surface area contributed by atoms with Crippen molar-refractivity contribution in [2.45, 2.75) is 23.6 Å². The third-order valence-corrected chi connectivity index (χ3v) is 3.83. The van der Waals surface area contributed by atoms with Gasteiger partial charge in [-0.2, -0.15) is 0 Å². The minimum atomic E-state index is 0.326. The first kappa shape index (κ1) is 11.1. The Morgan fingerprint density at radius 1 is 0.875 bits per heavy atom. The summed E-state index contributed by atoms with van der Waals surface area (Å²) in [6.45, 7) is 4.12. The number of aromatic hydroxyl groups is 1. The van der Waals surface area contributed by atoms with Gasteiger partial charge in [0.25, 0.3) is 0 Å². The largest absolute Gasteiger partial charge is 0.508 e. The minimum absolute atomic E-state index is 0.326. The molecular formula is C14H14OS. The molecule has 0 amide bonds. The number of hydrogen-bond donors (Lipinski definition) is 1. The van der Waals surface area contributed by atoms with Gasteiger partial charge in [0.15, 0.2) is 0 Å². The molecule has 2 heteroatoms. The van der Waals surface area contributed by atoms with Crippen molar-refractivity contribution in [3.05, 3.63) is 53.6 Å². The Morgan fingerprint density at radius 2 is 1.56 bits per heavy atom. The highest BCUT2D eigenvalue weighted by molar-refractivity contribution is 7.99. The predicted molar refractivity (Wildman–Crippen MR) is 68.1 cm³/mol. The van der Waals surface area contributed by atoms with Crippen LogP contribution < -0.4 is 0 Å². The van der Waals surface area contributed by atoms with E-state index in [0.29, 0.717) is 5.75 Å². The van der Waals surface area contributed by atoms with Gasteiger partial charge in [0, 0.05) is 9.79 Å². The molecule has 2 rings (SSSR count). The SMILES string of the molecule is Cc1ccccc1Sc1ccc(O)cc1C. The molecule has 0 heterocycles. The molecule has 1 N–H and O–H groups in total. The fraction of sp³-hybridized carbons (Fsp3) is 0.143. The average molecular weight is 230 g/mol. The molecule has 0 fully saturated rings. The maximum absolute atomic E-state index is 9.35. The fourth-order valence-corrected chi connectivity index (χ4v) is 2.51. The van der Waals surface area contributed by atoms with Crippen molar-refractivity contribution in [3.63, 3.8) is 0 Å². The van der Waals surface area contributed by atoms with Gasteiger partial charge in [-0.3, -0.25) is 0 Å². The molecule has 16 heavy (non-hydrogen) atoms. The summed E-state index contributed by atoms with van der Waals surface area (Å²) in [4.78, 5) is 2.45. The van der Waals surface area contributed by atoms with Crippen molar-refractivity contribution in [3.8, 4) is 5.75 Å². The van der Waals surface area contributed by atoms with Gasteiger partial charge in [0.05, 0.1) is 0 Å². The van der Waals surface area contributed by atoms with E-state index in [1.165, 1.54) is 15.4 Å². The lowest BCUT2D eigenvalue weighted by molar-refractivity contribution is 0.474. The lowest BCUT2D eigenvalue weighted by Crippen LogP contribution is -1.82. The van der Waals surface area contributed by atoms with E-state index in [9.17, 15) is 5.11 Å². The Balaban J connectivity index is 2.31. The van der Waals surface area contributed by atoms with Gasteiger partial charge in [-0.1, -0.05) is 30.0 Å². The molecule has 82 valence electrons. The summed E-state index contributed by atoms with van der Waals surface area (Å²) in [5.74, 6) is 0.326. The summed E-state index contributed by atoms with van der Waals surface area (Å²) in [5, 5.41) is 9.35. The first-order chi connectivity index (χ1) is 7.66. The highest BCUT2D eigenvalue weighted by Gasteiger charge is 2.03. The molecule has 0 radical (unpaired) electrons. The van der Waals surface area contributed by atoms with Crippen molar-refractivity contribution >= 4 is 11.8 Å². The lowest BCUT2D eigenvalue weighted by atomic mass is 10.2. The summed E-state index contributed by atoms with van der Waals surface area (Å²) in [6, 6.07) is 13.8. The van der Waals surface area contributed by atoms with Crippen LogP contribution in [-0.2, 0) is 0 Å². The molecule has 2 aromatic rings. The molecule has 0 bridgehead atoms. The topological polar surface area (TPSA) is 20.2 Å². The van der Waals surface area contributed by atoms with Gasteiger partial charge < -0.3 is 5.11 Å². The number of phenolic OH excluding ortho intramolecular Hbond substituents is 1. The molecule has 0 atom stereocenters. The Morgan fingerprint density at radius 3 is 2.25 bits per heavy atom. The number of phenols is 1. The van der Waals surface area contributed by atoms with E-state index in [1.807, 2.05) is 25.1 Å². The zero-order valence-electron chi connectivity index (χ0n) is 9.40. The standard InChI is InChI=1S/C14H14OS/c1-10-5-3-4-6-13(10)16-14-8-7-12(15)9-11(14)2/h3-9,15H,1-2H3. The second kappa shape index (κ2) is 4.62. The van der Waals surface area contributed by atoms with E-state index in [1.54, 1.807) is 23.9 Å². The van der Waals surface area contributed by atoms with Crippen LogP contribution in [0.2, 0.25) is 0 Å². The Hall–Kier alpha value is -1.41. The minimum Gasteiger partial charge on any atom is -0.508 e. The van der Waals surface area contributed by atoms with Gasteiger partial charge in [-0.05, 0) is 49.2 Å². The summed E-state index contributed by atoms with van der Waals surface area (Å²) in [6.07, 6.45) is 0. The monoisotopic (exact) mass is 230 g/mol.